The van der Waals surface area contributed by atoms with Gasteiger partial charge < -0.3 is 10.0 Å². The molecule has 0 saturated carbocycles. The van der Waals surface area contributed by atoms with Crippen LogP contribution in [-0.2, 0) is 0 Å². The van der Waals surface area contributed by atoms with Crippen LogP contribution in [0.5, 0.6) is 0 Å². The van der Waals surface area contributed by atoms with E-state index in [9.17, 15) is 4.39 Å². The van der Waals surface area contributed by atoms with Crippen molar-refractivity contribution in [2.75, 3.05) is 44.2 Å². The first-order valence-electron chi connectivity index (χ1n) is 6.53. The van der Waals surface area contributed by atoms with E-state index in [4.69, 9.17) is 5.11 Å². The summed E-state index contributed by atoms with van der Waals surface area (Å²) in [6, 6.07) is 6.69. The van der Waals surface area contributed by atoms with Crippen LogP contribution < -0.4 is 4.90 Å². The fraction of sp³-hybridized carbons (Fsp3) is 0.571. The van der Waals surface area contributed by atoms with E-state index in [2.05, 4.69) is 16.7 Å². The molecule has 1 fully saturated rings. The fourth-order valence-electron chi connectivity index (χ4n) is 2.34. The number of benzene rings is 1. The molecule has 100 valence electrons. The van der Waals surface area contributed by atoms with Crippen LogP contribution in [0, 0.1) is 11.7 Å². The average molecular weight is 252 g/mol. The predicted molar refractivity (Wildman–Crippen MR) is 71.3 cm³/mol. The van der Waals surface area contributed by atoms with Gasteiger partial charge in [0.15, 0.2) is 0 Å². The lowest BCUT2D eigenvalue weighted by molar-refractivity contribution is 0.167. The number of anilines is 1. The highest BCUT2D eigenvalue weighted by molar-refractivity contribution is 5.46. The standard InChI is InChI=1S/C14H21FN2O/c1-12(11-18)10-16-6-8-17(9-7-16)14-4-2-13(15)3-5-14/h2-5,12,18H,6-11H2,1H3. The molecule has 0 amide bonds. The number of halogens is 1. The third kappa shape index (κ3) is 3.43. The molecule has 1 unspecified atom stereocenters. The van der Waals surface area contributed by atoms with E-state index >= 15 is 0 Å². The van der Waals surface area contributed by atoms with Crippen LogP contribution in [-0.4, -0.2) is 49.3 Å². The molecule has 3 nitrogen and oxygen atoms in total. The number of piperazine rings is 1. The van der Waals surface area contributed by atoms with E-state index in [1.807, 2.05) is 12.1 Å². The molecule has 0 aromatic heterocycles. The van der Waals surface area contributed by atoms with E-state index in [0.717, 1.165) is 38.4 Å². The van der Waals surface area contributed by atoms with Crippen molar-refractivity contribution < 1.29 is 9.50 Å². The molecular formula is C14H21FN2O. The van der Waals surface area contributed by atoms with Gasteiger partial charge in [0, 0.05) is 45.0 Å². The second kappa shape index (κ2) is 6.16. The Morgan fingerprint density at radius 1 is 1.17 bits per heavy atom. The summed E-state index contributed by atoms with van der Waals surface area (Å²) in [6.45, 7) is 7.19. The Bertz CT molecular complexity index is 361. The minimum atomic E-state index is -0.186. The zero-order valence-corrected chi connectivity index (χ0v) is 10.8. The number of aliphatic hydroxyl groups excluding tert-OH is 1. The molecule has 0 bridgehead atoms. The molecule has 1 atom stereocenters. The lowest BCUT2D eigenvalue weighted by Crippen LogP contribution is -2.47. The summed E-state index contributed by atoms with van der Waals surface area (Å²) >= 11 is 0. The Labute approximate surface area is 108 Å². The van der Waals surface area contributed by atoms with Crippen LogP contribution in [0.2, 0.25) is 0 Å². The zero-order chi connectivity index (χ0) is 13.0. The van der Waals surface area contributed by atoms with Gasteiger partial charge in [0.2, 0.25) is 0 Å². The quantitative estimate of drug-likeness (QED) is 0.881. The van der Waals surface area contributed by atoms with Crippen molar-refractivity contribution in [3.05, 3.63) is 30.1 Å². The van der Waals surface area contributed by atoms with Gasteiger partial charge in [-0.1, -0.05) is 6.92 Å². The van der Waals surface area contributed by atoms with Crippen molar-refractivity contribution in [1.82, 2.24) is 4.90 Å². The summed E-state index contributed by atoms with van der Waals surface area (Å²) in [5.74, 6) is 0.150. The van der Waals surface area contributed by atoms with Crippen LogP contribution in [0.25, 0.3) is 0 Å². The first-order valence-corrected chi connectivity index (χ1v) is 6.53. The highest BCUT2D eigenvalue weighted by atomic mass is 19.1. The number of hydrogen-bond donors (Lipinski definition) is 1. The fourth-order valence-corrected chi connectivity index (χ4v) is 2.34. The van der Waals surface area contributed by atoms with Gasteiger partial charge in [0.05, 0.1) is 0 Å². The Balaban J connectivity index is 1.84. The minimum absolute atomic E-state index is 0.186. The van der Waals surface area contributed by atoms with Crippen molar-refractivity contribution >= 4 is 5.69 Å². The number of hydrogen-bond acceptors (Lipinski definition) is 3. The summed E-state index contributed by atoms with van der Waals surface area (Å²) in [4.78, 5) is 4.65. The molecule has 0 spiro atoms. The summed E-state index contributed by atoms with van der Waals surface area (Å²) in [6.07, 6.45) is 0. The van der Waals surface area contributed by atoms with Crippen LogP contribution in [0.3, 0.4) is 0 Å². The predicted octanol–water partition coefficient (Wildman–Crippen LogP) is 1.58. The molecule has 1 N–H and O–H groups in total. The van der Waals surface area contributed by atoms with Gasteiger partial charge in [0.1, 0.15) is 5.82 Å². The van der Waals surface area contributed by atoms with Crippen LogP contribution >= 0.6 is 0 Å². The topological polar surface area (TPSA) is 26.7 Å². The summed E-state index contributed by atoms with van der Waals surface area (Å²) < 4.78 is 12.8. The molecule has 0 radical (unpaired) electrons. The number of rotatable bonds is 4. The zero-order valence-electron chi connectivity index (χ0n) is 10.8. The Kier molecular flexibility index (Phi) is 4.55. The van der Waals surface area contributed by atoms with Gasteiger partial charge in [-0.2, -0.15) is 0 Å². The molecule has 1 aromatic carbocycles. The first-order chi connectivity index (χ1) is 8.69. The molecule has 4 heteroatoms. The molecule has 1 heterocycles. The second-order valence-electron chi connectivity index (χ2n) is 5.05. The highest BCUT2D eigenvalue weighted by Crippen LogP contribution is 2.17. The average Bonchev–Trinajstić information content (AvgIpc) is 2.40. The maximum atomic E-state index is 12.8. The van der Waals surface area contributed by atoms with Gasteiger partial charge in [-0.3, -0.25) is 4.90 Å². The van der Waals surface area contributed by atoms with E-state index in [0.29, 0.717) is 5.92 Å². The molecule has 1 aliphatic rings. The van der Waals surface area contributed by atoms with Crippen LogP contribution in [0.4, 0.5) is 10.1 Å². The van der Waals surface area contributed by atoms with Gasteiger partial charge >= 0.3 is 0 Å². The lowest BCUT2D eigenvalue weighted by Gasteiger charge is -2.37. The summed E-state index contributed by atoms with van der Waals surface area (Å²) in [5.41, 5.74) is 1.09. The van der Waals surface area contributed by atoms with Gasteiger partial charge in [-0.05, 0) is 30.2 Å². The Morgan fingerprint density at radius 2 is 1.78 bits per heavy atom. The van der Waals surface area contributed by atoms with Crippen molar-refractivity contribution in [3.63, 3.8) is 0 Å². The van der Waals surface area contributed by atoms with E-state index in [1.54, 1.807) is 0 Å². The molecule has 1 aromatic rings. The van der Waals surface area contributed by atoms with Gasteiger partial charge in [-0.25, -0.2) is 4.39 Å². The first kappa shape index (κ1) is 13.3. The number of aliphatic hydroxyl groups is 1. The monoisotopic (exact) mass is 252 g/mol. The van der Waals surface area contributed by atoms with Crippen LogP contribution in [0.15, 0.2) is 24.3 Å². The normalized spacial score (nSPS) is 18.9. The van der Waals surface area contributed by atoms with Gasteiger partial charge in [-0.15, -0.1) is 0 Å². The lowest BCUT2D eigenvalue weighted by atomic mass is 10.1. The Morgan fingerprint density at radius 3 is 2.33 bits per heavy atom. The van der Waals surface area contributed by atoms with E-state index < -0.39 is 0 Å². The maximum absolute atomic E-state index is 12.8. The van der Waals surface area contributed by atoms with Gasteiger partial charge in [0.25, 0.3) is 0 Å². The summed E-state index contributed by atoms with van der Waals surface area (Å²) in [7, 11) is 0. The van der Waals surface area contributed by atoms with E-state index in [-0.39, 0.29) is 12.4 Å². The minimum Gasteiger partial charge on any atom is -0.396 e. The number of nitrogens with zero attached hydrogens (tertiary/aromatic N) is 2. The molecule has 2 rings (SSSR count). The van der Waals surface area contributed by atoms with Crippen molar-refractivity contribution in [2.45, 2.75) is 6.92 Å². The van der Waals surface area contributed by atoms with Crippen LogP contribution in [0.1, 0.15) is 6.92 Å². The van der Waals surface area contributed by atoms with Crippen molar-refractivity contribution in [1.29, 1.82) is 0 Å². The SMILES string of the molecule is CC(CO)CN1CCN(c2ccc(F)cc2)CC1. The highest BCUT2D eigenvalue weighted by Gasteiger charge is 2.18. The summed E-state index contributed by atoms with van der Waals surface area (Å²) in [5, 5.41) is 9.05. The Hall–Kier alpha value is -1.13. The smallest absolute Gasteiger partial charge is 0.123 e. The van der Waals surface area contributed by atoms with Crippen molar-refractivity contribution in [3.8, 4) is 0 Å². The molecule has 1 saturated heterocycles. The third-order valence-corrected chi connectivity index (χ3v) is 3.45. The third-order valence-electron chi connectivity index (χ3n) is 3.45. The second-order valence-corrected chi connectivity index (χ2v) is 5.05. The van der Waals surface area contributed by atoms with Crippen molar-refractivity contribution in [2.24, 2.45) is 5.92 Å². The molecule has 18 heavy (non-hydrogen) atoms. The van der Waals surface area contributed by atoms with E-state index in [1.165, 1.54) is 12.1 Å². The molecule has 0 aliphatic carbocycles. The maximum Gasteiger partial charge on any atom is 0.123 e. The molecule has 1 aliphatic heterocycles. The molecular weight excluding hydrogens is 231 g/mol. The largest absolute Gasteiger partial charge is 0.396 e.